The van der Waals surface area contributed by atoms with Crippen molar-refractivity contribution in [2.24, 2.45) is 0 Å². The summed E-state index contributed by atoms with van der Waals surface area (Å²) in [5, 5.41) is 13.6. The van der Waals surface area contributed by atoms with Crippen molar-refractivity contribution >= 4 is 12.0 Å². The number of carbonyl (C=O) groups excluding carboxylic acids is 1. The number of hydrogen-bond acceptors (Lipinski definition) is 4. The van der Waals surface area contributed by atoms with Crippen LogP contribution in [-0.4, -0.2) is 40.8 Å². The van der Waals surface area contributed by atoms with Crippen molar-refractivity contribution in [3.8, 4) is 5.88 Å². The van der Waals surface area contributed by atoms with Crippen LogP contribution < -0.4 is 15.4 Å². The molecule has 0 aliphatic rings. The van der Waals surface area contributed by atoms with E-state index in [4.69, 9.17) is 9.84 Å². The maximum atomic E-state index is 12.4. The van der Waals surface area contributed by atoms with Crippen LogP contribution in [0.1, 0.15) is 32.3 Å². The van der Waals surface area contributed by atoms with Gasteiger partial charge in [-0.2, -0.15) is 13.2 Å². The number of amides is 2. The Kier molecular flexibility index (Phi) is 7.01. The second kappa shape index (κ2) is 8.54. The van der Waals surface area contributed by atoms with Gasteiger partial charge in [0.25, 0.3) is 0 Å². The Bertz CT molecular complexity index is 589. The van der Waals surface area contributed by atoms with E-state index in [-0.39, 0.29) is 25.5 Å². The predicted octanol–water partition coefficient (Wildman–Crippen LogP) is 2.42. The van der Waals surface area contributed by atoms with Crippen LogP contribution in [-0.2, 0) is 11.0 Å². The monoisotopic (exact) mass is 363 g/mol. The van der Waals surface area contributed by atoms with Crippen LogP contribution in [0.5, 0.6) is 5.88 Å². The van der Waals surface area contributed by atoms with Crippen molar-refractivity contribution in [2.75, 3.05) is 13.2 Å². The number of alkyl halides is 3. The van der Waals surface area contributed by atoms with Gasteiger partial charge in [0.15, 0.2) is 0 Å². The fourth-order valence-corrected chi connectivity index (χ4v) is 1.72. The molecule has 2 amide bonds. The van der Waals surface area contributed by atoms with E-state index in [0.717, 1.165) is 12.1 Å². The molecule has 1 aromatic rings. The number of pyridine rings is 1. The maximum Gasteiger partial charge on any atom is 0.417 e. The molecule has 1 heterocycles. The second-order valence-corrected chi connectivity index (χ2v) is 5.93. The SMILES string of the molecule is CC(C)(COc1ccc(C(F)(F)F)cn1)NC(=O)NCCCC(=O)O. The molecule has 25 heavy (non-hydrogen) atoms. The first-order valence-corrected chi connectivity index (χ1v) is 7.43. The standard InChI is InChI=1S/C15H20F3N3O4/c1-14(2,21-13(24)19-7-3-4-12(22)23)9-25-11-6-5-10(8-20-11)15(16,17)18/h5-6,8H,3-4,7,9H2,1-2H3,(H,22,23)(H2,19,21,24). The van der Waals surface area contributed by atoms with E-state index in [1.165, 1.54) is 0 Å². The van der Waals surface area contributed by atoms with Crippen molar-refractivity contribution < 1.29 is 32.6 Å². The average molecular weight is 363 g/mol. The molecule has 0 aliphatic carbocycles. The van der Waals surface area contributed by atoms with Crippen LogP contribution >= 0.6 is 0 Å². The molecule has 0 unspecified atom stereocenters. The number of rotatable bonds is 8. The van der Waals surface area contributed by atoms with Gasteiger partial charge >= 0.3 is 18.2 Å². The van der Waals surface area contributed by atoms with E-state index < -0.39 is 29.3 Å². The lowest BCUT2D eigenvalue weighted by Crippen LogP contribution is -2.51. The summed E-state index contributed by atoms with van der Waals surface area (Å²) in [5.74, 6) is -0.940. The van der Waals surface area contributed by atoms with E-state index in [1.807, 2.05) is 0 Å². The van der Waals surface area contributed by atoms with Gasteiger partial charge in [-0.15, -0.1) is 0 Å². The highest BCUT2D eigenvalue weighted by Gasteiger charge is 2.31. The number of carbonyl (C=O) groups is 2. The van der Waals surface area contributed by atoms with E-state index >= 15 is 0 Å². The normalized spacial score (nSPS) is 11.7. The highest BCUT2D eigenvalue weighted by Crippen LogP contribution is 2.29. The molecule has 0 fully saturated rings. The topological polar surface area (TPSA) is 101 Å². The highest BCUT2D eigenvalue weighted by molar-refractivity contribution is 5.74. The number of aliphatic carboxylic acids is 1. The zero-order valence-electron chi connectivity index (χ0n) is 13.8. The summed E-state index contributed by atoms with van der Waals surface area (Å²) in [6.45, 7) is 3.51. The Labute approximate surface area is 142 Å². The summed E-state index contributed by atoms with van der Waals surface area (Å²) < 4.78 is 42.6. The molecule has 3 N–H and O–H groups in total. The summed E-state index contributed by atoms with van der Waals surface area (Å²) in [6.07, 6.45) is -3.54. The van der Waals surface area contributed by atoms with Gasteiger partial charge in [-0.3, -0.25) is 4.79 Å². The maximum absolute atomic E-state index is 12.4. The van der Waals surface area contributed by atoms with E-state index in [2.05, 4.69) is 15.6 Å². The molecule has 0 saturated carbocycles. The Morgan fingerprint density at radius 3 is 2.48 bits per heavy atom. The summed E-state index contributed by atoms with van der Waals surface area (Å²) in [4.78, 5) is 25.6. The lowest BCUT2D eigenvalue weighted by Gasteiger charge is -2.26. The largest absolute Gasteiger partial charge is 0.481 e. The van der Waals surface area contributed by atoms with Gasteiger partial charge in [0.2, 0.25) is 5.88 Å². The molecule has 0 aromatic carbocycles. The van der Waals surface area contributed by atoms with Crippen molar-refractivity contribution in [3.05, 3.63) is 23.9 Å². The molecule has 0 atom stereocenters. The number of carboxylic acids is 1. The number of hydrogen-bond donors (Lipinski definition) is 3. The first kappa shape index (κ1) is 20.5. The molecule has 0 bridgehead atoms. The van der Waals surface area contributed by atoms with Crippen molar-refractivity contribution in [1.29, 1.82) is 0 Å². The molecule has 1 aromatic heterocycles. The second-order valence-electron chi connectivity index (χ2n) is 5.93. The van der Waals surface area contributed by atoms with Crippen molar-refractivity contribution in [1.82, 2.24) is 15.6 Å². The van der Waals surface area contributed by atoms with E-state index in [1.54, 1.807) is 13.8 Å². The minimum Gasteiger partial charge on any atom is -0.481 e. The van der Waals surface area contributed by atoms with Gasteiger partial charge in [0.05, 0.1) is 11.1 Å². The van der Waals surface area contributed by atoms with Gasteiger partial charge in [0.1, 0.15) is 6.61 Å². The smallest absolute Gasteiger partial charge is 0.417 e. The third-order valence-corrected chi connectivity index (χ3v) is 2.95. The molecule has 0 radical (unpaired) electrons. The quantitative estimate of drug-likeness (QED) is 0.616. The average Bonchev–Trinajstić information content (AvgIpc) is 2.48. The zero-order chi connectivity index (χ0) is 19.1. The molecule has 7 nitrogen and oxygen atoms in total. The number of aromatic nitrogens is 1. The third-order valence-electron chi connectivity index (χ3n) is 2.95. The van der Waals surface area contributed by atoms with Gasteiger partial charge < -0.3 is 20.5 Å². The van der Waals surface area contributed by atoms with Gasteiger partial charge in [-0.25, -0.2) is 9.78 Å². The third kappa shape index (κ3) is 8.23. The molecule has 10 heteroatoms. The summed E-state index contributed by atoms with van der Waals surface area (Å²) >= 11 is 0. The Morgan fingerprint density at radius 1 is 1.28 bits per heavy atom. The summed E-state index contributed by atoms with van der Waals surface area (Å²) in [6, 6.07) is 1.46. The lowest BCUT2D eigenvalue weighted by molar-refractivity contribution is -0.138. The number of nitrogens with one attached hydrogen (secondary N) is 2. The minimum atomic E-state index is -4.47. The molecule has 0 saturated heterocycles. The van der Waals surface area contributed by atoms with Crippen LogP contribution in [0.25, 0.3) is 0 Å². The first-order valence-electron chi connectivity index (χ1n) is 7.43. The Balaban J connectivity index is 2.41. The molecular formula is C15H20F3N3O4. The summed E-state index contributed by atoms with van der Waals surface area (Å²) in [7, 11) is 0. The van der Waals surface area contributed by atoms with Gasteiger partial charge in [-0.05, 0) is 26.3 Å². The number of nitrogens with zero attached hydrogens (tertiary/aromatic N) is 1. The van der Waals surface area contributed by atoms with E-state index in [0.29, 0.717) is 12.6 Å². The minimum absolute atomic E-state index is 0.00439. The predicted molar refractivity (Wildman–Crippen MR) is 82.2 cm³/mol. The summed E-state index contributed by atoms with van der Waals surface area (Å²) in [5.41, 5.74) is -1.70. The number of carboxylic acid groups (broad SMARTS) is 1. The fraction of sp³-hybridized carbons (Fsp3) is 0.533. The number of urea groups is 1. The highest BCUT2D eigenvalue weighted by atomic mass is 19.4. The molecule has 0 spiro atoms. The van der Waals surface area contributed by atoms with E-state index in [9.17, 15) is 22.8 Å². The molecule has 140 valence electrons. The van der Waals surface area contributed by atoms with Gasteiger partial charge in [0, 0.05) is 25.2 Å². The fourth-order valence-electron chi connectivity index (χ4n) is 1.72. The van der Waals surface area contributed by atoms with Crippen molar-refractivity contribution in [3.63, 3.8) is 0 Å². The number of halogens is 3. The van der Waals surface area contributed by atoms with Crippen LogP contribution in [0, 0.1) is 0 Å². The van der Waals surface area contributed by atoms with Crippen LogP contribution in [0.2, 0.25) is 0 Å². The van der Waals surface area contributed by atoms with Crippen LogP contribution in [0.15, 0.2) is 18.3 Å². The Morgan fingerprint density at radius 2 is 1.96 bits per heavy atom. The van der Waals surface area contributed by atoms with Gasteiger partial charge in [-0.1, -0.05) is 0 Å². The first-order chi connectivity index (χ1) is 11.5. The molecular weight excluding hydrogens is 343 g/mol. The molecule has 1 rings (SSSR count). The Hall–Kier alpha value is -2.52. The van der Waals surface area contributed by atoms with Crippen molar-refractivity contribution in [2.45, 2.75) is 38.4 Å². The number of ether oxygens (including phenoxy) is 1. The van der Waals surface area contributed by atoms with Crippen LogP contribution in [0.4, 0.5) is 18.0 Å². The van der Waals surface area contributed by atoms with Crippen LogP contribution in [0.3, 0.4) is 0 Å². The lowest BCUT2D eigenvalue weighted by atomic mass is 10.1. The zero-order valence-corrected chi connectivity index (χ0v) is 13.8. The molecule has 0 aliphatic heterocycles.